The Kier molecular flexibility index (Phi) is 5.23. The van der Waals surface area contributed by atoms with E-state index in [1.807, 2.05) is 0 Å². The van der Waals surface area contributed by atoms with Crippen molar-refractivity contribution < 1.29 is 34.7 Å². The second-order valence-electron chi connectivity index (χ2n) is 7.53. The Morgan fingerprint density at radius 3 is 2.43 bits per heavy atom. The summed E-state index contributed by atoms with van der Waals surface area (Å²) < 4.78 is 41.6. The third-order valence-corrected chi connectivity index (χ3v) is 5.77. The van der Waals surface area contributed by atoms with Crippen LogP contribution in [-0.2, 0) is 23.0 Å². The third-order valence-electron chi connectivity index (χ3n) is 5.77. The summed E-state index contributed by atoms with van der Waals surface area (Å²) >= 11 is 0. The van der Waals surface area contributed by atoms with E-state index in [-0.39, 0.29) is 46.0 Å². The number of aromatic nitrogens is 3. The molecule has 30 heavy (non-hydrogen) atoms. The van der Waals surface area contributed by atoms with Gasteiger partial charge in [-0.15, -0.1) is 5.10 Å². The van der Waals surface area contributed by atoms with Crippen LogP contribution in [0.15, 0.2) is 42.6 Å². The van der Waals surface area contributed by atoms with E-state index in [0.717, 1.165) is 6.07 Å². The first kappa shape index (κ1) is 20.7. The van der Waals surface area contributed by atoms with E-state index in [9.17, 15) is 18.0 Å². The number of likely N-dealkylation sites (tertiary alicyclic amines) is 1. The van der Waals surface area contributed by atoms with E-state index < -0.39 is 11.7 Å². The Labute approximate surface area is 180 Å². The number of alkyl halides is 3. The third kappa shape index (κ3) is 3.43. The molecule has 0 unspecified atom stereocenters. The number of para-hydroxylation sites is 1. The summed E-state index contributed by atoms with van der Waals surface area (Å²) in [6.07, 6.45) is -2.77. The van der Waals surface area contributed by atoms with Gasteiger partial charge in [-0.1, -0.05) is 18.3 Å². The summed E-state index contributed by atoms with van der Waals surface area (Å²) in [6.45, 7) is 1.99. The maximum absolute atomic E-state index is 13.3. The van der Waals surface area contributed by atoms with Crippen molar-refractivity contribution in [3.05, 3.63) is 60.0 Å². The molecule has 1 radical (unpaired) electrons. The number of benzene rings is 1. The van der Waals surface area contributed by atoms with Gasteiger partial charge in [0, 0.05) is 60.5 Å². The van der Waals surface area contributed by atoms with Crippen LogP contribution in [0.1, 0.15) is 16.2 Å². The van der Waals surface area contributed by atoms with Crippen molar-refractivity contribution in [2.24, 2.45) is 11.8 Å². The van der Waals surface area contributed by atoms with Crippen molar-refractivity contribution in [1.29, 1.82) is 0 Å². The first-order chi connectivity index (χ1) is 13.9. The fourth-order valence-corrected chi connectivity index (χ4v) is 4.42. The summed E-state index contributed by atoms with van der Waals surface area (Å²) in [6, 6.07) is 12.0. The molecule has 1 amide bonds. The molecule has 2 aromatic heterocycles. The summed E-state index contributed by atoms with van der Waals surface area (Å²) in [7, 11) is 0. The number of rotatable bonds is 2. The predicted molar refractivity (Wildman–Crippen MR) is 98.4 cm³/mol. The number of nitrogens with zero attached hydrogens (tertiary/aromatic N) is 5. The van der Waals surface area contributed by atoms with E-state index in [1.54, 1.807) is 38.6 Å². The van der Waals surface area contributed by atoms with Crippen LogP contribution in [0.25, 0.3) is 5.65 Å². The molecule has 2 atom stereocenters. The topological polar surface area (TPSA) is 53.7 Å². The molecular weight excluding hydrogens is 442 g/mol. The first-order valence-corrected chi connectivity index (χ1v) is 9.33. The monoisotopic (exact) mass is 459 g/mol. The maximum Gasteiger partial charge on any atom is 0.418 e. The summed E-state index contributed by atoms with van der Waals surface area (Å²) in [4.78, 5) is 16.4. The Bertz CT molecular complexity index is 1070. The minimum atomic E-state index is -4.39. The standard InChI is InChI=1S/C20H17F3N5O.Co/c21-20(22,23)15-5-1-2-6-16(15)26-9-13-11-27(12-14(13)10-26)19(29)18-25-24-17-7-3-4-8-28(17)18;/h1-3,5-8,13-14H,9-12H2;/q-1;/t13-,14+;. The van der Waals surface area contributed by atoms with Crippen LogP contribution in [0.2, 0.25) is 0 Å². The number of carbonyl (C=O) groups is 1. The average Bonchev–Trinajstić information content (AvgIpc) is 3.39. The van der Waals surface area contributed by atoms with Gasteiger partial charge in [0.25, 0.3) is 5.91 Å². The number of hydrogen-bond donors (Lipinski definition) is 0. The SMILES string of the molecule is O=C(c1nnc2cc[c-]cn12)N1C[C@@H]2CN(c3ccccc3C(F)(F)F)C[C@@H]2C1.[Co]. The minimum absolute atomic E-state index is 0. The number of hydrogen-bond acceptors (Lipinski definition) is 4. The second kappa shape index (κ2) is 7.58. The van der Waals surface area contributed by atoms with Crippen molar-refractivity contribution in [3.8, 4) is 0 Å². The summed E-state index contributed by atoms with van der Waals surface area (Å²) in [5.74, 6) is 0.279. The van der Waals surface area contributed by atoms with Crippen LogP contribution in [0, 0.1) is 17.9 Å². The molecule has 0 spiro atoms. The summed E-state index contributed by atoms with van der Waals surface area (Å²) in [5.41, 5.74) is 0.173. The zero-order valence-electron chi connectivity index (χ0n) is 15.6. The smallest absolute Gasteiger partial charge is 0.370 e. The fraction of sp³-hybridized carbons (Fsp3) is 0.350. The van der Waals surface area contributed by atoms with E-state index in [1.165, 1.54) is 12.1 Å². The number of pyridine rings is 1. The minimum Gasteiger partial charge on any atom is -0.370 e. The van der Waals surface area contributed by atoms with Crippen LogP contribution in [-0.4, -0.2) is 51.6 Å². The average molecular weight is 459 g/mol. The predicted octanol–water partition coefficient (Wildman–Crippen LogP) is 2.75. The van der Waals surface area contributed by atoms with E-state index >= 15 is 0 Å². The van der Waals surface area contributed by atoms with Gasteiger partial charge in [0.05, 0.1) is 11.2 Å². The zero-order valence-corrected chi connectivity index (χ0v) is 16.7. The van der Waals surface area contributed by atoms with Gasteiger partial charge < -0.3 is 14.2 Å². The molecule has 5 rings (SSSR count). The Balaban J connectivity index is 0.00000218. The van der Waals surface area contributed by atoms with Crippen molar-refractivity contribution in [2.75, 3.05) is 31.1 Å². The molecule has 10 heteroatoms. The van der Waals surface area contributed by atoms with Gasteiger partial charge >= 0.3 is 6.18 Å². The van der Waals surface area contributed by atoms with Crippen molar-refractivity contribution in [1.82, 2.24) is 19.5 Å². The van der Waals surface area contributed by atoms with Crippen LogP contribution in [0.5, 0.6) is 0 Å². The molecule has 1 aromatic carbocycles. The van der Waals surface area contributed by atoms with E-state index in [2.05, 4.69) is 16.3 Å². The molecule has 6 nitrogen and oxygen atoms in total. The number of amides is 1. The number of anilines is 1. The molecule has 0 bridgehead atoms. The number of halogens is 3. The van der Waals surface area contributed by atoms with E-state index in [0.29, 0.717) is 31.8 Å². The van der Waals surface area contributed by atoms with Crippen LogP contribution in [0.4, 0.5) is 18.9 Å². The van der Waals surface area contributed by atoms with Crippen LogP contribution in [0.3, 0.4) is 0 Å². The number of fused-ring (bicyclic) bond motifs is 2. The van der Waals surface area contributed by atoms with Gasteiger partial charge in [0.15, 0.2) is 0 Å². The molecule has 4 heterocycles. The van der Waals surface area contributed by atoms with Gasteiger partial charge in [0.2, 0.25) is 5.82 Å². The molecule has 2 fully saturated rings. The van der Waals surface area contributed by atoms with Crippen molar-refractivity contribution in [2.45, 2.75) is 6.18 Å². The molecule has 2 saturated heterocycles. The fourth-order valence-electron chi connectivity index (χ4n) is 4.42. The second-order valence-corrected chi connectivity index (χ2v) is 7.53. The van der Waals surface area contributed by atoms with Crippen molar-refractivity contribution in [3.63, 3.8) is 0 Å². The normalized spacial score (nSPS) is 21.0. The maximum atomic E-state index is 13.3. The molecular formula is C20H17CoF3N5O-. The summed E-state index contributed by atoms with van der Waals surface area (Å²) in [5, 5.41) is 8.00. The molecule has 0 N–H and O–H groups in total. The van der Waals surface area contributed by atoms with Gasteiger partial charge in [-0.05, 0) is 12.1 Å². The Hall–Kier alpha value is -2.59. The van der Waals surface area contributed by atoms with Crippen LogP contribution >= 0.6 is 0 Å². The van der Waals surface area contributed by atoms with Gasteiger partial charge in [0.1, 0.15) is 0 Å². The van der Waals surface area contributed by atoms with Gasteiger partial charge in [-0.3, -0.25) is 4.79 Å². The molecule has 0 aliphatic carbocycles. The largest absolute Gasteiger partial charge is 0.418 e. The van der Waals surface area contributed by atoms with E-state index in [4.69, 9.17) is 0 Å². The molecule has 0 saturated carbocycles. The van der Waals surface area contributed by atoms with Crippen molar-refractivity contribution >= 4 is 17.2 Å². The van der Waals surface area contributed by atoms with Crippen LogP contribution < -0.4 is 4.90 Å². The quantitative estimate of drug-likeness (QED) is 0.554. The molecule has 2 aliphatic heterocycles. The molecule has 2 aliphatic rings. The molecule has 3 aromatic rings. The molecule has 159 valence electrons. The van der Waals surface area contributed by atoms with Gasteiger partial charge in [-0.25, -0.2) is 12.1 Å². The Morgan fingerprint density at radius 2 is 1.73 bits per heavy atom. The van der Waals surface area contributed by atoms with Gasteiger partial charge in [-0.2, -0.15) is 24.3 Å². The zero-order chi connectivity index (χ0) is 20.2. The Morgan fingerprint density at radius 1 is 1.03 bits per heavy atom. The first-order valence-electron chi connectivity index (χ1n) is 9.33. The number of carbonyl (C=O) groups excluding carboxylic acids is 1.